The van der Waals surface area contributed by atoms with E-state index >= 15 is 0 Å². The maximum atomic E-state index is 14.7. The van der Waals surface area contributed by atoms with Gasteiger partial charge in [-0.3, -0.25) is 10.3 Å². The summed E-state index contributed by atoms with van der Waals surface area (Å²) in [4.78, 5) is 4.82. The Morgan fingerprint density at radius 2 is 1.90 bits per heavy atom. The molecule has 0 radical (unpaired) electrons. The first-order valence-electron chi connectivity index (χ1n) is 9.94. The molecule has 0 bridgehead atoms. The molecule has 0 saturated carbocycles. The van der Waals surface area contributed by atoms with Gasteiger partial charge in [0.25, 0.3) is 0 Å². The van der Waals surface area contributed by atoms with Crippen LogP contribution in [0.1, 0.15) is 42.2 Å². The van der Waals surface area contributed by atoms with E-state index in [2.05, 4.69) is 21.2 Å². The highest BCUT2D eigenvalue weighted by Crippen LogP contribution is 2.37. The smallest absolute Gasteiger partial charge is 0.129 e. The number of ether oxygens (including phenoxy) is 1. The zero-order chi connectivity index (χ0) is 22.0. The standard InChI is InChI=1S/C24H21BrClFN2O2/c1-2-31-17-7-3-14(4-8-17)21-13-22(19-12-16(26)6-10-23(19)30)29-24(28-21)18-11-15(25)5-9-20(18)27/h3-12,22,24,29-30H,2,13H2,1H3/t22-,24+/m1/s1. The first-order chi connectivity index (χ1) is 14.9. The lowest BCUT2D eigenvalue weighted by Gasteiger charge is -2.31. The Morgan fingerprint density at radius 3 is 2.65 bits per heavy atom. The van der Waals surface area contributed by atoms with Gasteiger partial charge < -0.3 is 9.84 Å². The van der Waals surface area contributed by atoms with Gasteiger partial charge in [-0.15, -0.1) is 0 Å². The number of nitrogens with one attached hydrogen (secondary N) is 1. The maximum absolute atomic E-state index is 14.7. The molecular formula is C24H21BrClFN2O2. The van der Waals surface area contributed by atoms with Gasteiger partial charge in [0.15, 0.2) is 0 Å². The molecule has 1 aliphatic heterocycles. The van der Waals surface area contributed by atoms with E-state index in [0.29, 0.717) is 29.2 Å². The van der Waals surface area contributed by atoms with Crippen LogP contribution in [0.5, 0.6) is 11.5 Å². The molecule has 0 unspecified atom stereocenters. The van der Waals surface area contributed by atoms with Crippen LogP contribution in [0.15, 0.2) is 70.1 Å². The minimum atomic E-state index is -0.629. The molecule has 0 spiro atoms. The topological polar surface area (TPSA) is 53.8 Å². The molecular weight excluding hydrogens is 483 g/mol. The van der Waals surface area contributed by atoms with E-state index in [1.807, 2.05) is 31.2 Å². The lowest BCUT2D eigenvalue weighted by atomic mass is 9.93. The number of hydrogen-bond acceptors (Lipinski definition) is 4. The Labute approximate surface area is 193 Å². The highest BCUT2D eigenvalue weighted by Gasteiger charge is 2.29. The number of phenols is 1. The van der Waals surface area contributed by atoms with Crippen molar-refractivity contribution in [1.29, 1.82) is 0 Å². The summed E-state index contributed by atoms with van der Waals surface area (Å²) in [6.45, 7) is 2.52. The largest absolute Gasteiger partial charge is 0.508 e. The molecule has 4 nitrogen and oxygen atoms in total. The van der Waals surface area contributed by atoms with E-state index < -0.39 is 6.17 Å². The number of nitrogens with zero attached hydrogens (tertiary/aromatic N) is 1. The fourth-order valence-corrected chi connectivity index (χ4v) is 4.24. The maximum Gasteiger partial charge on any atom is 0.129 e. The Hall–Kier alpha value is -2.41. The molecule has 0 aliphatic carbocycles. The molecule has 3 aromatic carbocycles. The van der Waals surface area contributed by atoms with Crippen LogP contribution >= 0.6 is 27.5 Å². The van der Waals surface area contributed by atoms with Gasteiger partial charge in [0.2, 0.25) is 0 Å². The average Bonchev–Trinajstić information content (AvgIpc) is 2.77. The average molecular weight is 504 g/mol. The molecule has 1 heterocycles. The summed E-state index contributed by atoms with van der Waals surface area (Å²) >= 11 is 9.60. The van der Waals surface area contributed by atoms with Gasteiger partial charge in [-0.25, -0.2) is 4.39 Å². The van der Waals surface area contributed by atoms with Crippen LogP contribution in [0.4, 0.5) is 4.39 Å². The van der Waals surface area contributed by atoms with Crippen molar-refractivity contribution in [3.63, 3.8) is 0 Å². The molecule has 3 aromatic rings. The Balaban J connectivity index is 1.77. The summed E-state index contributed by atoms with van der Waals surface area (Å²) in [7, 11) is 0. The van der Waals surface area contributed by atoms with Gasteiger partial charge >= 0.3 is 0 Å². The zero-order valence-electron chi connectivity index (χ0n) is 16.8. The highest BCUT2D eigenvalue weighted by atomic mass is 79.9. The van der Waals surface area contributed by atoms with Crippen LogP contribution in [-0.4, -0.2) is 17.4 Å². The van der Waals surface area contributed by atoms with Gasteiger partial charge in [0.1, 0.15) is 23.5 Å². The first kappa shape index (κ1) is 21.8. The van der Waals surface area contributed by atoms with E-state index in [9.17, 15) is 9.50 Å². The van der Waals surface area contributed by atoms with Crippen molar-refractivity contribution in [2.24, 2.45) is 4.99 Å². The third-order valence-electron chi connectivity index (χ3n) is 5.16. The molecule has 4 rings (SSSR count). The Bertz CT molecular complexity index is 1120. The van der Waals surface area contributed by atoms with Crippen LogP contribution in [-0.2, 0) is 0 Å². The summed E-state index contributed by atoms with van der Waals surface area (Å²) in [5.74, 6) is 0.550. The van der Waals surface area contributed by atoms with Gasteiger partial charge in [-0.1, -0.05) is 27.5 Å². The summed E-state index contributed by atoms with van der Waals surface area (Å²) in [5.41, 5.74) is 2.78. The Kier molecular flexibility index (Phi) is 6.60. The third kappa shape index (κ3) is 4.92. The summed E-state index contributed by atoms with van der Waals surface area (Å²) < 4.78 is 21.0. The number of benzene rings is 3. The lowest BCUT2D eigenvalue weighted by molar-refractivity contribution is 0.340. The highest BCUT2D eigenvalue weighted by molar-refractivity contribution is 9.10. The van der Waals surface area contributed by atoms with Crippen molar-refractivity contribution in [3.8, 4) is 11.5 Å². The van der Waals surface area contributed by atoms with Gasteiger partial charge in [-0.05, 0) is 73.2 Å². The van der Waals surface area contributed by atoms with E-state index in [1.54, 1.807) is 30.3 Å². The third-order valence-corrected chi connectivity index (χ3v) is 5.89. The second-order valence-electron chi connectivity index (χ2n) is 7.23. The van der Waals surface area contributed by atoms with E-state index in [1.165, 1.54) is 6.07 Å². The number of hydrogen-bond donors (Lipinski definition) is 2. The molecule has 0 aromatic heterocycles. The molecule has 0 amide bonds. The van der Waals surface area contributed by atoms with Crippen LogP contribution in [0.2, 0.25) is 5.02 Å². The first-order valence-corrected chi connectivity index (χ1v) is 11.1. The van der Waals surface area contributed by atoms with Crippen molar-refractivity contribution in [2.75, 3.05) is 6.61 Å². The van der Waals surface area contributed by atoms with Gasteiger partial charge in [0, 0.05) is 38.8 Å². The number of phenolic OH excluding ortho intramolecular Hbond substituents is 1. The molecule has 31 heavy (non-hydrogen) atoms. The minimum absolute atomic E-state index is 0.128. The van der Waals surface area contributed by atoms with Crippen LogP contribution in [0.3, 0.4) is 0 Å². The SMILES string of the molecule is CCOc1ccc(C2=N[C@H](c3cc(Br)ccc3F)N[C@@H](c3cc(Cl)ccc3O)C2)cc1. The second-order valence-corrected chi connectivity index (χ2v) is 8.58. The molecule has 0 saturated heterocycles. The number of aromatic hydroxyl groups is 1. The summed E-state index contributed by atoms with van der Waals surface area (Å²) in [5, 5.41) is 14.3. The van der Waals surface area contributed by atoms with E-state index in [0.717, 1.165) is 21.5 Å². The van der Waals surface area contributed by atoms with Gasteiger partial charge in [-0.2, -0.15) is 0 Å². The zero-order valence-corrected chi connectivity index (χ0v) is 19.1. The predicted octanol–water partition coefficient (Wildman–Crippen LogP) is 6.57. The summed E-state index contributed by atoms with van der Waals surface area (Å²) in [6, 6.07) is 17.1. The van der Waals surface area contributed by atoms with Crippen molar-refractivity contribution in [1.82, 2.24) is 5.32 Å². The fraction of sp³-hybridized carbons (Fsp3) is 0.208. The molecule has 2 N–H and O–H groups in total. The molecule has 7 heteroatoms. The molecule has 160 valence electrons. The lowest BCUT2D eigenvalue weighted by Crippen LogP contribution is -2.33. The normalized spacial score (nSPS) is 18.5. The van der Waals surface area contributed by atoms with Crippen LogP contribution in [0.25, 0.3) is 0 Å². The quantitative estimate of drug-likeness (QED) is 0.414. The molecule has 2 atom stereocenters. The monoisotopic (exact) mass is 502 g/mol. The number of halogens is 3. The molecule has 1 aliphatic rings. The number of aliphatic imine (C=N–C) groups is 1. The summed E-state index contributed by atoms with van der Waals surface area (Å²) in [6.07, 6.45) is -0.121. The molecule has 0 fully saturated rings. The van der Waals surface area contributed by atoms with Crippen LogP contribution in [0, 0.1) is 5.82 Å². The second kappa shape index (κ2) is 9.39. The minimum Gasteiger partial charge on any atom is -0.508 e. The fourth-order valence-electron chi connectivity index (χ4n) is 3.68. The van der Waals surface area contributed by atoms with E-state index in [4.69, 9.17) is 21.3 Å². The van der Waals surface area contributed by atoms with Crippen LogP contribution < -0.4 is 10.1 Å². The van der Waals surface area contributed by atoms with Crippen molar-refractivity contribution in [2.45, 2.75) is 25.6 Å². The predicted molar refractivity (Wildman–Crippen MR) is 125 cm³/mol. The Morgan fingerprint density at radius 1 is 1.13 bits per heavy atom. The van der Waals surface area contributed by atoms with Crippen molar-refractivity contribution < 1.29 is 14.2 Å². The number of rotatable bonds is 5. The van der Waals surface area contributed by atoms with Crippen molar-refractivity contribution >= 4 is 33.2 Å². The van der Waals surface area contributed by atoms with Gasteiger partial charge in [0.05, 0.1) is 6.61 Å². The van der Waals surface area contributed by atoms with E-state index in [-0.39, 0.29) is 17.6 Å². The van der Waals surface area contributed by atoms with Crippen molar-refractivity contribution in [3.05, 3.63) is 92.7 Å².